The lowest BCUT2D eigenvalue weighted by molar-refractivity contribution is -0.132. The van der Waals surface area contributed by atoms with Gasteiger partial charge in [0.2, 0.25) is 5.91 Å². The molecule has 4 atom stereocenters. The molecule has 0 saturated heterocycles. The Morgan fingerprint density at radius 2 is 0.724 bits per heavy atom. The van der Waals surface area contributed by atoms with E-state index in [0.29, 0.717) is 19.3 Å². The lowest BCUT2D eigenvalue weighted by Gasteiger charge is -2.27. The topological polar surface area (TPSA) is 110 Å². The van der Waals surface area contributed by atoms with Gasteiger partial charge in [0.05, 0.1) is 18.8 Å². The van der Waals surface area contributed by atoms with Crippen LogP contribution in [-0.4, -0.2) is 57.3 Å². The molecule has 0 aromatic carbocycles. The van der Waals surface area contributed by atoms with Gasteiger partial charge in [0.15, 0.2) is 0 Å². The fraction of sp³-hybridized carbons (Fsp3) is 0.865. The summed E-state index contributed by atoms with van der Waals surface area (Å²) < 4.78 is 0. The summed E-state index contributed by atoms with van der Waals surface area (Å²) in [6.45, 7) is 4.04. The summed E-state index contributed by atoms with van der Waals surface area (Å²) in [6, 6.07) is -1.01. The van der Waals surface area contributed by atoms with Crippen molar-refractivity contribution in [3.63, 3.8) is 0 Å². The zero-order chi connectivity index (χ0) is 42.4. The van der Waals surface area contributed by atoms with Crippen LogP contribution in [0.2, 0.25) is 0 Å². The Balaban J connectivity index is 3.70. The molecule has 0 aliphatic carbocycles. The van der Waals surface area contributed by atoms with Gasteiger partial charge in [-0.05, 0) is 64.2 Å². The van der Waals surface area contributed by atoms with E-state index in [4.69, 9.17) is 0 Å². The predicted octanol–water partition coefficient (Wildman–Crippen LogP) is 14.1. The van der Waals surface area contributed by atoms with Gasteiger partial charge in [0.25, 0.3) is 0 Å². The first kappa shape index (κ1) is 56.5. The molecular formula is C52H99NO5. The van der Waals surface area contributed by atoms with Crippen LogP contribution in [0, 0.1) is 0 Å². The summed E-state index contributed by atoms with van der Waals surface area (Å²) in [7, 11) is 0. The molecular weight excluding hydrogens is 719 g/mol. The van der Waals surface area contributed by atoms with Crippen molar-refractivity contribution in [2.75, 3.05) is 6.61 Å². The minimum atomic E-state index is -1.29. The minimum absolute atomic E-state index is 0.360. The minimum Gasteiger partial charge on any atom is -0.394 e. The quantitative estimate of drug-likeness (QED) is 0.0310. The maximum atomic E-state index is 12.5. The normalized spacial score (nSPS) is 14.2. The molecule has 0 aromatic rings. The molecule has 0 saturated carbocycles. The third-order valence-electron chi connectivity index (χ3n) is 11.8. The van der Waals surface area contributed by atoms with Crippen molar-refractivity contribution in [1.29, 1.82) is 0 Å². The van der Waals surface area contributed by atoms with E-state index in [-0.39, 0.29) is 0 Å². The van der Waals surface area contributed by atoms with Crippen LogP contribution in [0.3, 0.4) is 0 Å². The molecule has 4 unspecified atom stereocenters. The lowest BCUT2D eigenvalue weighted by Crippen LogP contribution is -2.53. The highest BCUT2D eigenvalue weighted by molar-refractivity contribution is 5.80. The Labute approximate surface area is 360 Å². The fourth-order valence-corrected chi connectivity index (χ4v) is 7.79. The highest BCUT2D eigenvalue weighted by Crippen LogP contribution is 2.16. The highest BCUT2D eigenvalue weighted by Gasteiger charge is 2.28. The van der Waals surface area contributed by atoms with Crippen LogP contribution < -0.4 is 5.32 Å². The fourth-order valence-electron chi connectivity index (χ4n) is 7.79. The van der Waals surface area contributed by atoms with Crippen LogP contribution in [-0.2, 0) is 4.79 Å². The Kier molecular flexibility index (Phi) is 45.4. The van der Waals surface area contributed by atoms with Gasteiger partial charge >= 0.3 is 0 Å². The maximum absolute atomic E-state index is 12.5. The van der Waals surface area contributed by atoms with Crippen LogP contribution in [0.4, 0.5) is 0 Å². The molecule has 0 rings (SSSR count). The van der Waals surface area contributed by atoms with Gasteiger partial charge in [0.1, 0.15) is 12.2 Å². The van der Waals surface area contributed by atoms with Crippen molar-refractivity contribution >= 4 is 5.91 Å². The van der Waals surface area contributed by atoms with Gasteiger partial charge in [-0.25, -0.2) is 0 Å². The second kappa shape index (κ2) is 46.6. The first-order valence-corrected chi connectivity index (χ1v) is 25.4. The number of rotatable bonds is 46. The van der Waals surface area contributed by atoms with Crippen molar-refractivity contribution in [3.05, 3.63) is 36.5 Å². The van der Waals surface area contributed by atoms with Gasteiger partial charge in [-0.2, -0.15) is 0 Å². The second-order valence-corrected chi connectivity index (χ2v) is 17.5. The SMILES string of the molecule is CCCCCCCCCCCCCCCCCCC/C=C/CC/C=C/CC/C=C/CCCC(O)C(O)C(CO)NC(=O)C(O)CCCCCCCCCCCCCC. The largest absolute Gasteiger partial charge is 0.394 e. The summed E-state index contributed by atoms with van der Waals surface area (Å²) in [5, 5.41) is 43.7. The van der Waals surface area contributed by atoms with E-state index in [1.807, 2.05) is 0 Å². The molecule has 0 spiro atoms. The molecule has 0 bridgehead atoms. The van der Waals surface area contributed by atoms with E-state index in [9.17, 15) is 25.2 Å². The zero-order valence-corrected chi connectivity index (χ0v) is 38.5. The summed E-state index contributed by atoms with van der Waals surface area (Å²) in [4.78, 5) is 12.5. The van der Waals surface area contributed by atoms with E-state index in [1.54, 1.807) is 0 Å². The summed E-state index contributed by atoms with van der Waals surface area (Å²) in [6.07, 6.45) is 56.4. The van der Waals surface area contributed by atoms with Gasteiger partial charge in [-0.1, -0.05) is 230 Å². The Hall–Kier alpha value is -1.47. The third kappa shape index (κ3) is 40.0. The lowest BCUT2D eigenvalue weighted by atomic mass is 10.00. The number of carbonyl (C=O) groups is 1. The maximum Gasteiger partial charge on any atom is 0.249 e. The Morgan fingerprint density at radius 3 is 1.09 bits per heavy atom. The average Bonchev–Trinajstić information content (AvgIpc) is 3.23. The first-order valence-electron chi connectivity index (χ1n) is 25.4. The van der Waals surface area contributed by atoms with Crippen molar-refractivity contribution in [1.82, 2.24) is 5.32 Å². The van der Waals surface area contributed by atoms with E-state index < -0.39 is 36.9 Å². The zero-order valence-electron chi connectivity index (χ0n) is 38.5. The van der Waals surface area contributed by atoms with Crippen LogP contribution in [0.15, 0.2) is 36.5 Å². The van der Waals surface area contributed by atoms with Crippen molar-refractivity contribution in [2.45, 2.75) is 282 Å². The molecule has 0 radical (unpaired) electrons. The molecule has 0 aromatic heterocycles. The number of hydrogen-bond acceptors (Lipinski definition) is 5. The number of hydrogen-bond donors (Lipinski definition) is 5. The predicted molar refractivity (Wildman–Crippen MR) is 251 cm³/mol. The standard InChI is InChI=1S/C52H99NO5/c1-3-5-7-9-11-13-15-17-18-19-20-21-22-23-24-25-26-27-28-29-30-31-32-33-34-36-37-39-41-43-45-49(55)51(57)48(47-54)53-52(58)50(56)46-44-42-40-38-35-16-14-12-10-8-6-4-2/h28-29,32-33,37,39,48-51,54-57H,3-27,30-31,34-36,38,40-47H2,1-2H3,(H,53,58)/b29-28+,33-32+,39-37+. The van der Waals surface area contributed by atoms with Crippen LogP contribution in [0.1, 0.15) is 258 Å². The van der Waals surface area contributed by atoms with Crippen LogP contribution >= 0.6 is 0 Å². The molecule has 0 fully saturated rings. The number of nitrogens with one attached hydrogen (secondary N) is 1. The number of aliphatic hydroxyl groups is 4. The number of amides is 1. The Morgan fingerprint density at radius 1 is 0.414 bits per heavy atom. The van der Waals surface area contributed by atoms with E-state index in [0.717, 1.165) is 51.4 Å². The van der Waals surface area contributed by atoms with Crippen molar-refractivity contribution in [3.8, 4) is 0 Å². The molecule has 342 valence electrons. The summed E-state index contributed by atoms with van der Waals surface area (Å²) in [5.41, 5.74) is 0. The number of unbranched alkanes of at least 4 members (excludes halogenated alkanes) is 31. The first-order chi connectivity index (χ1) is 28.5. The Bertz CT molecular complexity index is 919. The van der Waals surface area contributed by atoms with Gasteiger partial charge in [-0.3, -0.25) is 4.79 Å². The monoisotopic (exact) mass is 818 g/mol. The number of carbonyl (C=O) groups excluding carboxylic acids is 1. The molecule has 58 heavy (non-hydrogen) atoms. The number of aliphatic hydroxyl groups excluding tert-OH is 4. The molecule has 6 heteroatoms. The summed E-state index contributed by atoms with van der Waals surface area (Å²) >= 11 is 0. The second-order valence-electron chi connectivity index (χ2n) is 17.5. The van der Waals surface area contributed by atoms with Crippen molar-refractivity contribution < 1.29 is 25.2 Å². The van der Waals surface area contributed by atoms with E-state index in [2.05, 4.69) is 55.6 Å². The van der Waals surface area contributed by atoms with Gasteiger partial charge in [0, 0.05) is 0 Å². The van der Waals surface area contributed by atoms with E-state index >= 15 is 0 Å². The van der Waals surface area contributed by atoms with Gasteiger partial charge in [-0.15, -0.1) is 0 Å². The smallest absolute Gasteiger partial charge is 0.249 e. The van der Waals surface area contributed by atoms with Gasteiger partial charge < -0.3 is 25.7 Å². The van der Waals surface area contributed by atoms with Crippen molar-refractivity contribution in [2.24, 2.45) is 0 Å². The van der Waals surface area contributed by atoms with Crippen LogP contribution in [0.25, 0.3) is 0 Å². The molecule has 0 aliphatic heterocycles. The molecule has 5 N–H and O–H groups in total. The molecule has 0 aliphatic rings. The third-order valence-corrected chi connectivity index (χ3v) is 11.8. The molecule has 1 amide bonds. The molecule has 6 nitrogen and oxygen atoms in total. The molecule has 0 heterocycles. The summed E-state index contributed by atoms with van der Waals surface area (Å²) in [5.74, 6) is -0.599. The average molecular weight is 818 g/mol. The highest BCUT2D eigenvalue weighted by atomic mass is 16.3. The van der Waals surface area contributed by atoms with Crippen LogP contribution in [0.5, 0.6) is 0 Å². The number of allylic oxidation sites excluding steroid dienone is 6. The van der Waals surface area contributed by atoms with E-state index in [1.165, 1.54) is 173 Å².